The molecule has 1 aromatic heterocycles. The molecule has 38 heavy (non-hydrogen) atoms. The van der Waals surface area contributed by atoms with E-state index in [-0.39, 0.29) is 44.4 Å². The number of likely N-dealkylation sites (tertiary alicyclic amines) is 1. The van der Waals surface area contributed by atoms with Gasteiger partial charge in [-0.3, -0.25) is 4.79 Å². The number of ether oxygens (including phenoxy) is 2. The summed E-state index contributed by atoms with van der Waals surface area (Å²) in [7, 11) is 2.03. The van der Waals surface area contributed by atoms with Gasteiger partial charge in [-0.25, -0.2) is 9.78 Å². The number of imidazole rings is 1. The Bertz CT molecular complexity index is 1300. The van der Waals surface area contributed by atoms with Crippen LogP contribution in [0.2, 0.25) is 0 Å². The Kier molecular flexibility index (Phi) is 6.06. The van der Waals surface area contributed by atoms with Crippen molar-refractivity contribution < 1.29 is 29.3 Å². The summed E-state index contributed by atoms with van der Waals surface area (Å²) >= 11 is 0. The van der Waals surface area contributed by atoms with Gasteiger partial charge >= 0.3 is 5.97 Å². The molecule has 1 spiro atoms. The fraction of sp³-hybridized carbons (Fsp3) is 0.519. The number of piperidine rings is 1. The maximum atomic E-state index is 13.5. The number of amides is 1. The third-order valence-corrected chi connectivity index (χ3v) is 8.80. The molecule has 11 nitrogen and oxygen atoms in total. The van der Waals surface area contributed by atoms with Crippen molar-refractivity contribution in [3.63, 3.8) is 0 Å². The summed E-state index contributed by atoms with van der Waals surface area (Å²) in [5.74, 6) is -0.114. The zero-order valence-corrected chi connectivity index (χ0v) is 21.3. The highest BCUT2D eigenvalue weighted by molar-refractivity contribution is 5.85. The smallest absolute Gasteiger partial charge is 0.334 e. The molecule has 4 aliphatic rings. The van der Waals surface area contributed by atoms with Crippen LogP contribution < -0.4 is 15.8 Å². The maximum absolute atomic E-state index is 13.5. The van der Waals surface area contributed by atoms with E-state index < -0.39 is 29.1 Å². The number of nitrogens with two attached hydrogens (primary N) is 1. The van der Waals surface area contributed by atoms with Gasteiger partial charge in [-0.05, 0) is 38.1 Å². The number of H-pyrrole nitrogens is 1. The topological polar surface area (TPSA) is 163 Å². The van der Waals surface area contributed by atoms with E-state index in [0.29, 0.717) is 35.6 Å². The molecular formula is C27H33N5O6. The molecule has 5 atom stereocenters. The summed E-state index contributed by atoms with van der Waals surface area (Å²) in [6, 6.07) is 2.77. The first-order valence-electron chi connectivity index (χ1n) is 13.1. The molecule has 2 aliphatic heterocycles. The zero-order valence-electron chi connectivity index (χ0n) is 21.3. The lowest BCUT2D eigenvalue weighted by Gasteiger charge is -2.61. The molecule has 3 heterocycles. The van der Waals surface area contributed by atoms with Crippen LogP contribution in [0.1, 0.15) is 41.6 Å². The highest BCUT2D eigenvalue weighted by Crippen LogP contribution is 2.64. The zero-order chi connectivity index (χ0) is 26.7. The van der Waals surface area contributed by atoms with E-state index in [0.717, 1.165) is 17.7 Å². The number of hydrogen-bond donors (Lipinski definition) is 5. The van der Waals surface area contributed by atoms with Crippen LogP contribution in [0.4, 0.5) is 0 Å². The number of benzene rings is 1. The Hall–Kier alpha value is -3.25. The molecule has 6 rings (SSSR count). The molecule has 0 unspecified atom stereocenters. The predicted octanol–water partition coefficient (Wildman–Crippen LogP) is -0.201. The minimum absolute atomic E-state index is 0.0752. The number of likely N-dealkylation sites (N-methyl/N-ethyl adjacent to an activating group) is 1. The Morgan fingerprint density at radius 3 is 3.00 bits per heavy atom. The van der Waals surface area contributed by atoms with Gasteiger partial charge in [-0.1, -0.05) is 12.1 Å². The van der Waals surface area contributed by atoms with Crippen molar-refractivity contribution in [2.45, 2.75) is 67.9 Å². The van der Waals surface area contributed by atoms with Crippen molar-refractivity contribution >= 4 is 11.9 Å². The van der Waals surface area contributed by atoms with Crippen LogP contribution in [0.3, 0.4) is 0 Å². The number of aliphatic hydroxyl groups excluding tert-OH is 1. The highest BCUT2D eigenvalue weighted by atomic mass is 16.6. The van der Waals surface area contributed by atoms with Crippen LogP contribution in [-0.2, 0) is 39.2 Å². The largest absolute Gasteiger partial charge is 0.481 e. The van der Waals surface area contributed by atoms with Crippen LogP contribution >= 0.6 is 0 Å². The normalized spacial score (nSPS) is 29.6. The summed E-state index contributed by atoms with van der Waals surface area (Å²) in [5, 5.41) is 25.1. The number of carbonyl (C=O) groups is 2. The summed E-state index contributed by atoms with van der Waals surface area (Å²) in [6.07, 6.45) is 5.94. The van der Waals surface area contributed by atoms with E-state index in [2.05, 4.69) is 20.2 Å². The molecule has 2 bridgehead atoms. The van der Waals surface area contributed by atoms with Gasteiger partial charge in [0.05, 0.1) is 29.6 Å². The summed E-state index contributed by atoms with van der Waals surface area (Å²) < 4.78 is 12.5. The molecule has 1 amide bonds. The number of aromatic amines is 1. The standard InChI is InChI=1S/C27H33N5O6/c1-32-9-7-26-22-15-2-3-16(13-33)23(22)38-24(26)19(4-6-27(26,36)20(32)10-15)37-25(35)18(31-21(34)5-8-28)11-17-12-29-14-30-17/h2-4,12,14,18,20,24,33,36H,5-11,13,28H2,1H3,(H,29,30)(H,31,34)/t18-,20+,24-,26-,27+/m0/s1. The van der Waals surface area contributed by atoms with Crippen molar-refractivity contribution in [3.05, 3.63) is 58.9 Å². The van der Waals surface area contributed by atoms with Crippen molar-refractivity contribution in [3.8, 4) is 5.75 Å². The molecule has 0 radical (unpaired) electrons. The lowest BCUT2D eigenvalue weighted by molar-refractivity contribution is -0.170. The quantitative estimate of drug-likeness (QED) is 0.295. The molecule has 0 saturated carbocycles. The van der Waals surface area contributed by atoms with Gasteiger partial charge in [-0.2, -0.15) is 0 Å². The van der Waals surface area contributed by atoms with E-state index >= 15 is 0 Å². The van der Waals surface area contributed by atoms with Crippen LogP contribution in [0.25, 0.3) is 0 Å². The molecule has 1 saturated heterocycles. The number of aliphatic hydroxyl groups is 2. The third-order valence-electron chi connectivity index (χ3n) is 8.80. The van der Waals surface area contributed by atoms with Crippen molar-refractivity contribution in [1.29, 1.82) is 0 Å². The predicted molar refractivity (Wildman–Crippen MR) is 135 cm³/mol. The highest BCUT2D eigenvalue weighted by Gasteiger charge is 2.71. The van der Waals surface area contributed by atoms with E-state index in [9.17, 15) is 19.8 Å². The van der Waals surface area contributed by atoms with Crippen LogP contribution in [0.15, 0.2) is 36.5 Å². The minimum Gasteiger partial charge on any atom is -0.481 e. The molecule has 2 aliphatic carbocycles. The molecule has 2 aromatic rings. The Labute approximate surface area is 220 Å². The Balaban J connectivity index is 1.36. The van der Waals surface area contributed by atoms with E-state index in [1.165, 1.54) is 6.33 Å². The van der Waals surface area contributed by atoms with Gasteiger partial charge in [-0.15, -0.1) is 0 Å². The number of nitrogens with one attached hydrogen (secondary N) is 2. The first kappa shape index (κ1) is 25.1. The van der Waals surface area contributed by atoms with Gasteiger partial charge < -0.3 is 40.6 Å². The molecule has 202 valence electrons. The second kappa shape index (κ2) is 9.19. The number of esters is 1. The Morgan fingerprint density at radius 2 is 2.26 bits per heavy atom. The van der Waals surface area contributed by atoms with Gasteiger partial charge in [0.1, 0.15) is 17.6 Å². The summed E-state index contributed by atoms with van der Waals surface area (Å²) in [4.78, 5) is 35.1. The van der Waals surface area contributed by atoms with Gasteiger partial charge in [0, 0.05) is 49.2 Å². The number of hydrogen-bond acceptors (Lipinski definition) is 9. The van der Waals surface area contributed by atoms with Gasteiger partial charge in [0.25, 0.3) is 0 Å². The fourth-order valence-corrected chi connectivity index (χ4v) is 7.02. The lowest BCUT2D eigenvalue weighted by atomic mass is 9.50. The van der Waals surface area contributed by atoms with Crippen LogP contribution in [0.5, 0.6) is 5.75 Å². The molecule has 6 N–H and O–H groups in total. The van der Waals surface area contributed by atoms with Crippen LogP contribution in [0, 0.1) is 0 Å². The first-order chi connectivity index (χ1) is 18.3. The van der Waals surface area contributed by atoms with Crippen molar-refractivity contribution in [1.82, 2.24) is 20.2 Å². The molecule has 1 aromatic carbocycles. The van der Waals surface area contributed by atoms with E-state index in [4.69, 9.17) is 15.2 Å². The van der Waals surface area contributed by atoms with Crippen molar-refractivity contribution in [2.75, 3.05) is 20.1 Å². The molecule has 1 fully saturated rings. The number of carbonyl (C=O) groups excluding carboxylic acids is 2. The average molecular weight is 524 g/mol. The number of aromatic nitrogens is 2. The fourth-order valence-electron chi connectivity index (χ4n) is 7.02. The summed E-state index contributed by atoms with van der Waals surface area (Å²) in [5.41, 5.74) is 6.82. The molecule has 11 heteroatoms. The van der Waals surface area contributed by atoms with Crippen molar-refractivity contribution in [2.24, 2.45) is 5.73 Å². The minimum atomic E-state index is -1.13. The number of rotatable bonds is 8. The van der Waals surface area contributed by atoms with Gasteiger partial charge in [0.2, 0.25) is 5.91 Å². The van der Waals surface area contributed by atoms with Crippen LogP contribution in [-0.4, -0.2) is 80.9 Å². The lowest BCUT2D eigenvalue weighted by Crippen LogP contribution is -2.74. The Morgan fingerprint density at radius 1 is 1.42 bits per heavy atom. The SMILES string of the molecule is CN1CC[C@]23c4c5ccc(CO)c4O[C@H]2C(OC(=O)[C@H](Cc2c[nH]cn2)NC(=O)CCN)=CC[C@@]3(O)[C@H]1C5. The third kappa shape index (κ3) is 3.53. The summed E-state index contributed by atoms with van der Waals surface area (Å²) in [6.45, 7) is 0.694. The second-order valence-electron chi connectivity index (χ2n) is 10.7. The van der Waals surface area contributed by atoms with Gasteiger partial charge in [0.15, 0.2) is 6.10 Å². The molecular weight excluding hydrogens is 490 g/mol. The average Bonchev–Trinajstić information content (AvgIpc) is 3.53. The second-order valence-corrected chi connectivity index (χ2v) is 10.7. The van der Waals surface area contributed by atoms with E-state index in [1.54, 1.807) is 12.3 Å². The monoisotopic (exact) mass is 523 g/mol. The maximum Gasteiger partial charge on any atom is 0.334 e. The first-order valence-corrected chi connectivity index (χ1v) is 13.1. The van der Waals surface area contributed by atoms with E-state index in [1.807, 2.05) is 19.2 Å². The number of nitrogens with zero attached hydrogens (tertiary/aromatic N) is 2.